The summed E-state index contributed by atoms with van der Waals surface area (Å²) in [5.74, 6) is -0.611. The maximum atomic E-state index is 12.3. The average molecular weight is 439 g/mol. The Hall–Kier alpha value is -3.46. The fourth-order valence-corrected chi connectivity index (χ4v) is 4.47. The number of aromatic amines is 1. The number of furan rings is 1. The molecule has 0 saturated carbocycles. The van der Waals surface area contributed by atoms with E-state index in [1.807, 2.05) is 32.0 Å². The van der Waals surface area contributed by atoms with Gasteiger partial charge in [0.2, 0.25) is 11.8 Å². The molecule has 0 atom stereocenters. The van der Waals surface area contributed by atoms with E-state index >= 15 is 0 Å². The Balaban J connectivity index is 1.37. The summed E-state index contributed by atoms with van der Waals surface area (Å²) in [5, 5.41) is 1.42. The van der Waals surface area contributed by atoms with Crippen LogP contribution in [0.15, 0.2) is 33.7 Å². The van der Waals surface area contributed by atoms with Crippen LogP contribution in [0.4, 0.5) is 0 Å². The molecule has 4 aromatic rings. The molecule has 3 N–H and O–H groups in total. The lowest BCUT2D eigenvalue weighted by molar-refractivity contribution is -0.128. The number of thiophene rings is 1. The van der Waals surface area contributed by atoms with Crippen LogP contribution in [-0.4, -0.2) is 21.8 Å². The van der Waals surface area contributed by atoms with Gasteiger partial charge in [-0.25, -0.2) is 4.98 Å². The van der Waals surface area contributed by atoms with Crippen molar-refractivity contribution >= 4 is 44.3 Å². The van der Waals surface area contributed by atoms with Gasteiger partial charge in [0.15, 0.2) is 0 Å². The van der Waals surface area contributed by atoms with Crippen molar-refractivity contribution in [1.29, 1.82) is 0 Å². The predicted octanol–water partition coefficient (Wildman–Crippen LogP) is 2.84. The van der Waals surface area contributed by atoms with Crippen molar-refractivity contribution < 1.29 is 14.0 Å². The zero-order valence-electron chi connectivity index (χ0n) is 17.4. The molecule has 0 radical (unpaired) electrons. The minimum atomic E-state index is -0.481. The van der Waals surface area contributed by atoms with Crippen molar-refractivity contribution in [3.05, 3.63) is 62.2 Å². The van der Waals surface area contributed by atoms with Crippen LogP contribution in [0.3, 0.4) is 0 Å². The van der Waals surface area contributed by atoms with Gasteiger partial charge in [-0.15, -0.1) is 11.3 Å². The van der Waals surface area contributed by atoms with Gasteiger partial charge >= 0.3 is 0 Å². The molecular weight excluding hydrogens is 416 g/mol. The third-order valence-electron chi connectivity index (χ3n) is 5.24. The third-order valence-corrected chi connectivity index (χ3v) is 6.34. The molecule has 0 aliphatic heterocycles. The lowest BCUT2D eigenvalue weighted by Gasteiger charge is -2.07. The molecule has 3 aromatic heterocycles. The van der Waals surface area contributed by atoms with E-state index < -0.39 is 5.91 Å². The summed E-state index contributed by atoms with van der Waals surface area (Å²) in [6.07, 6.45) is 2.36. The maximum Gasteiger partial charge on any atom is 0.259 e. The number of nitrogens with zero attached hydrogens (tertiary/aromatic N) is 1. The largest absolute Gasteiger partial charge is 0.464 e. The van der Waals surface area contributed by atoms with Crippen molar-refractivity contribution in [3.63, 3.8) is 0 Å². The number of hydrogen-bond acceptors (Lipinski definition) is 6. The number of aryl methyl sites for hydroxylation is 3. The number of nitrogens with one attached hydrogen (secondary N) is 3. The first-order valence-corrected chi connectivity index (χ1v) is 10.7. The van der Waals surface area contributed by atoms with Gasteiger partial charge in [0.1, 0.15) is 16.2 Å². The maximum absolute atomic E-state index is 12.3. The van der Waals surface area contributed by atoms with Crippen molar-refractivity contribution in [2.45, 2.75) is 40.0 Å². The number of fused-ring (bicyclic) bond motifs is 2. The van der Waals surface area contributed by atoms with E-state index in [0.29, 0.717) is 10.2 Å². The Morgan fingerprint density at radius 3 is 2.65 bits per heavy atom. The second-order valence-corrected chi connectivity index (χ2v) is 8.57. The van der Waals surface area contributed by atoms with Crippen LogP contribution in [0.2, 0.25) is 0 Å². The standard InChI is InChI=1S/C22H22N4O4S/c1-4-13-5-6-15-14(10-30-16(15)7-13)8-18(27)25-26-19(28)9-17-23-21(29)20-11(2)12(3)31-22(20)24-17/h5-7,10H,4,8-9H2,1-3H3,(H,25,27)(H,26,28)(H,23,24,29). The summed E-state index contributed by atoms with van der Waals surface area (Å²) in [4.78, 5) is 45.4. The number of aromatic nitrogens is 2. The van der Waals surface area contributed by atoms with Gasteiger partial charge in [-0.05, 0) is 37.5 Å². The minimum absolute atomic E-state index is 0.0630. The number of hydrazine groups is 1. The van der Waals surface area contributed by atoms with Crippen LogP contribution < -0.4 is 16.4 Å². The van der Waals surface area contributed by atoms with E-state index in [0.717, 1.165) is 39.0 Å². The number of carbonyl (C=O) groups is 2. The predicted molar refractivity (Wildman–Crippen MR) is 119 cm³/mol. The molecule has 0 aliphatic carbocycles. The Kier molecular flexibility index (Phi) is 5.60. The van der Waals surface area contributed by atoms with Gasteiger partial charge in [0.05, 0.1) is 24.5 Å². The molecule has 0 fully saturated rings. The van der Waals surface area contributed by atoms with Crippen molar-refractivity contribution in [2.24, 2.45) is 0 Å². The summed E-state index contributed by atoms with van der Waals surface area (Å²) in [6.45, 7) is 5.86. The quantitative estimate of drug-likeness (QED) is 0.414. The molecule has 1 aromatic carbocycles. The van der Waals surface area contributed by atoms with E-state index in [1.165, 1.54) is 11.3 Å². The number of rotatable bonds is 5. The highest BCUT2D eigenvalue weighted by Gasteiger charge is 2.15. The summed E-state index contributed by atoms with van der Waals surface area (Å²) in [5.41, 5.74) is 8.02. The number of H-pyrrole nitrogens is 1. The molecule has 0 bridgehead atoms. The molecular formula is C22H22N4O4S. The van der Waals surface area contributed by atoms with Crippen LogP contribution >= 0.6 is 11.3 Å². The first-order chi connectivity index (χ1) is 14.9. The first kappa shape index (κ1) is 20.8. The number of hydrogen-bond donors (Lipinski definition) is 3. The topological polar surface area (TPSA) is 117 Å². The minimum Gasteiger partial charge on any atom is -0.464 e. The Morgan fingerprint density at radius 1 is 1.16 bits per heavy atom. The smallest absolute Gasteiger partial charge is 0.259 e. The third kappa shape index (κ3) is 4.22. The van der Waals surface area contributed by atoms with Gasteiger partial charge in [-0.1, -0.05) is 19.1 Å². The van der Waals surface area contributed by atoms with E-state index in [1.54, 1.807) is 6.26 Å². The van der Waals surface area contributed by atoms with Crippen LogP contribution in [0.5, 0.6) is 0 Å². The lowest BCUT2D eigenvalue weighted by Crippen LogP contribution is -2.43. The Bertz CT molecular complexity index is 1370. The van der Waals surface area contributed by atoms with Gasteiger partial charge in [-0.2, -0.15) is 0 Å². The molecule has 0 saturated heterocycles. The molecule has 2 amide bonds. The molecule has 8 nitrogen and oxygen atoms in total. The molecule has 160 valence electrons. The molecule has 0 aliphatic rings. The van der Waals surface area contributed by atoms with Crippen LogP contribution in [0.25, 0.3) is 21.2 Å². The SMILES string of the molecule is CCc1ccc2c(CC(=O)NNC(=O)Cc3nc4sc(C)c(C)c4c(=O)[nH]3)coc2c1. The zero-order chi connectivity index (χ0) is 22.1. The summed E-state index contributed by atoms with van der Waals surface area (Å²) >= 11 is 1.42. The average Bonchev–Trinajstić information content (AvgIpc) is 3.26. The fourth-order valence-electron chi connectivity index (χ4n) is 3.42. The van der Waals surface area contributed by atoms with Gasteiger partial charge < -0.3 is 9.40 Å². The van der Waals surface area contributed by atoms with E-state index in [2.05, 4.69) is 27.7 Å². The Labute approximate surface area is 181 Å². The Morgan fingerprint density at radius 2 is 1.90 bits per heavy atom. The van der Waals surface area contributed by atoms with Gasteiger partial charge in [-0.3, -0.25) is 25.2 Å². The molecule has 0 spiro atoms. The second-order valence-electron chi connectivity index (χ2n) is 7.37. The van der Waals surface area contributed by atoms with Crippen LogP contribution in [-0.2, 0) is 28.9 Å². The van der Waals surface area contributed by atoms with Crippen molar-refractivity contribution in [1.82, 2.24) is 20.8 Å². The summed E-state index contributed by atoms with van der Waals surface area (Å²) < 4.78 is 5.55. The van der Waals surface area contributed by atoms with Crippen LogP contribution in [0, 0.1) is 13.8 Å². The first-order valence-electron chi connectivity index (χ1n) is 9.91. The number of benzene rings is 1. The van der Waals surface area contributed by atoms with E-state index in [9.17, 15) is 14.4 Å². The highest BCUT2D eigenvalue weighted by Crippen LogP contribution is 2.26. The van der Waals surface area contributed by atoms with Gasteiger partial charge in [0, 0.05) is 15.8 Å². The van der Waals surface area contributed by atoms with E-state index in [4.69, 9.17) is 4.42 Å². The highest BCUT2D eigenvalue weighted by molar-refractivity contribution is 7.18. The highest BCUT2D eigenvalue weighted by atomic mass is 32.1. The fraction of sp³-hybridized carbons (Fsp3) is 0.273. The zero-order valence-corrected chi connectivity index (χ0v) is 18.2. The summed E-state index contributed by atoms with van der Waals surface area (Å²) in [7, 11) is 0. The molecule has 0 unspecified atom stereocenters. The van der Waals surface area contributed by atoms with E-state index in [-0.39, 0.29) is 30.1 Å². The number of carbonyl (C=O) groups excluding carboxylic acids is 2. The molecule has 4 rings (SSSR count). The molecule has 9 heteroatoms. The van der Waals surface area contributed by atoms with Gasteiger partial charge in [0.25, 0.3) is 5.56 Å². The summed E-state index contributed by atoms with van der Waals surface area (Å²) in [6, 6.07) is 5.90. The molecule has 3 heterocycles. The normalized spacial score (nSPS) is 11.2. The second kappa shape index (κ2) is 8.35. The monoisotopic (exact) mass is 438 g/mol. The van der Waals surface area contributed by atoms with Crippen molar-refractivity contribution in [3.8, 4) is 0 Å². The molecule has 31 heavy (non-hydrogen) atoms. The lowest BCUT2D eigenvalue weighted by atomic mass is 10.1. The number of amides is 2. The van der Waals surface area contributed by atoms with Crippen molar-refractivity contribution in [2.75, 3.05) is 0 Å². The van der Waals surface area contributed by atoms with Crippen LogP contribution in [0.1, 0.15) is 34.3 Å².